The highest BCUT2D eigenvalue weighted by atomic mass is 32.2. The largest absolute Gasteiger partial charge is 0.489 e. The predicted molar refractivity (Wildman–Crippen MR) is 138 cm³/mol. The maximum absolute atomic E-state index is 13.2. The minimum atomic E-state index is -3.90. The summed E-state index contributed by atoms with van der Waals surface area (Å²) in [6.45, 7) is 7.54. The monoisotopic (exact) mass is 525 g/mol. The van der Waals surface area contributed by atoms with Gasteiger partial charge in [0, 0.05) is 35.7 Å². The standard InChI is InChI=1S/C27H31N3O6S/c1-17(2)25(31)30-14-27(15-30,26(32)29-33)16-37(34,35)22-10-8-21(9-11-22)36-13-20-12-19(4)28-24-18(3)6-5-7-23(20)24/h5-12,17,33H,13-16H2,1-4H3,(H,29,32). The van der Waals surface area contributed by atoms with E-state index in [9.17, 15) is 23.2 Å². The molecular weight excluding hydrogens is 494 g/mol. The van der Waals surface area contributed by atoms with E-state index in [1.807, 2.05) is 38.1 Å². The molecule has 0 spiro atoms. The summed E-state index contributed by atoms with van der Waals surface area (Å²) in [6.07, 6.45) is 0. The van der Waals surface area contributed by atoms with Gasteiger partial charge in [0.25, 0.3) is 5.91 Å². The van der Waals surface area contributed by atoms with Gasteiger partial charge in [-0.3, -0.25) is 19.8 Å². The maximum Gasteiger partial charge on any atom is 0.254 e. The number of fused-ring (bicyclic) bond motifs is 1. The van der Waals surface area contributed by atoms with Gasteiger partial charge in [0.1, 0.15) is 17.8 Å². The number of para-hydroxylation sites is 1. The van der Waals surface area contributed by atoms with Crippen molar-refractivity contribution < 1.29 is 28.0 Å². The van der Waals surface area contributed by atoms with Crippen molar-refractivity contribution in [3.8, 4) is 5.75 Å². The molecule has 2 aromatic carbocycles. The van der Waals surface area contributed by atoms with Gasteiger partial charge < -0.3 is 9.64 Å². The number of pyridine rings is 1. The molecule has 10 heteroatoms. The first-order valence-electron chi connectivity index (χ1n) is 12.0. The number of amides is 2. The average molecular weight is 526 g/mol. The number of hydrogen-bond donors (Lipinski definition) is 2. The van der Waals surface area contributed by atoms with Crippen LogP contribution in [0.5, 0.6) is 5.75 Å². The molecule has 2 amide bonds. The lowest BCUT2D eigenvalue weighted by atomic mass is 9.80. The Morgan fingerprint density at radius 2 is 1.81 bits per heavy atom. The molecule has 2 heterocycles. The summed E-state index contributed by atoms with van der Waals surface area (Å²) >= 11 is 0. The minimum Gasteiger partial charge on any atom is -0.489 e. The van der Waals surface area contributed by atoms with Crippen LogP contribution in [-0.2, 0) is 26.0 Å². The van der Waals surface area contributed by atoms with Crippen LogP contribution in [-0.4, -0.2) is 54.2 Å². The van der Waals surface area contributed by atoms with E-state index in [1.54, 1.807) is 31.5 Å². The first-order chi connectivity index (χ1) is 17.5. The average Bonchev–Trinajstić information content (AvgIpc) is 2.84. The number of carbonyl (C=O) groups is 2. The van der Waals surface area contributed by atoms with Gasteiger partial charge in [0.05, 0.1) is 16.2 Å². The number of nitrogens with zero attached hydrogens (tertiary/aromatic N) is 2. The van der Waals surface area contributed by atoms with Crippen molar-refractivity contribution >= 4 is 32.6 Å². The molecule has 0 saturated carbocycles. The molecule has 1 aliphatic heterocycles. The van der Waals surface area contributed by atoms with Gasteiger partial charge in [-0.25, -0.2) is 13.9 Å². The normalized spacial score (nSPS) is 14.9. The molecule has 1 aromatic heterocycles. The SMILES string of the molecule is Cc1cc(COc2ccc(S(=O)(=O)CC3(C(=O)NO)CN(C(=O)C(C)C)C3)cc2)c2cccc(C)c2n1. The molecule has 4 rings (SSSR count). The third-order valence-electron chi connectivity index (χ3n) is 6.67. The number of sulfone groups is 1. The Morgan fingerprint density at radius 3 is 2.43 bits per heavy atom. The molecular formula is C27H31N3O6S. The third kappa shape index (κ3) is 5.30. The Hall–Kier alpha value is -3.50. The smallest absolute Gasteiger partial charge is 0.254 e. The van der Waals surface area contributed by atoms with Crippen LogP contribution in [0.25, 0.3) is 10.9 Å². The van der Waals surface area contributed by atoms with Crippen molar-refractivity contribution in [3.63, 3.8) is 0 Å². The second-order valence-electron chi connectivity index (χ2n) is 9.98. The van der Waals surface area contributed by atoms with Gasteiger partial charge in [0.15, 0.2) is 9.84 Å². The summed E-state index contributed by atoms with van der Waals surface area (Å²) in [5.41, 5.74) is 4.01. The van der Waals surface area contributed by atoms with E-state index in [1.165, 1.54) is 17.0 Å². The first kappa shape index (κ1) is 26.6. The molecule has 1 aliphatic rings. The molecule has 1 saturated heterocycles. The zero-order valence-electron chi connectivity index (χ0n) is 21.3. The van der Waals surface area contributed by atoms with Crippen LogP contribution in [0.1, 0.15) is 30.7 Å². The number of likely N-dealkylation sites (tertiary alicyclic amines) is 1. The number of aromatic nitrogens is 1. The van der Waals surface area contributed by atoms with Gasteiger partial charge >= 0.3 is 0 Å². The molecule has 0 aliphatic carbocycles. The van der Waals surface area contributed by atoms with E-state index in [0.717, 1.165) is 27.7 Å². The van der Waals surface area contributed by atoms with Crippen molar-refractivity contribution in [2.45, 2.75) is 39.2 Å². The van der Waals surface area contributed by atoms with Crippen molar-refractivity contribution in [3.05, 3.63) is 65.4 Å². The molecule has 0 unspecified atom stereocenters. The van der Waals surface area contributed by atoms with Crippen LogP contribution in [0.15, 0.2) is 53.4 Å². The van der Waals surface area contributed by atoms with E-state index in [0.29, 0.717) is 5.75 Å². The van der Waals surface area contributed by atoms with Crippen LogP contribution in [0.3, 0.4) is 0 Å². The van der Waals surface area contributed by atoms with Crippen LogP contribution < -0.4 is 10.2 Å². The Morgan fingerprint density at radius 1 is 1.14 bits per heavy atom. The molecule has 3 aromatic rings. The number of hydrogen-bond acceptors (Lipinski definition) is 7. The second-order valence-corrected chi connectivity index (χ2v) is 12.0. The highest BCUT2D eigenvalue weighted by Crippen LogP contribution is 2.35. The molecule has 9 nitrogen and oxygen atoms in total. The lowest BCUT2D eigenvalue weighted by Gasteiger charge is -2.48. The van der Waals surface area contributed by atoms with E-state index >= 15 is 0 Å². The summed E-state index contributed by atoms with van der Waals surface area (Å²) in [4.78, 5) is 30.7. The van der Waals surface area contributed by atoms with Crippen LogP contribution >= 0.6 is 0 Å². The van der Waals surface area contributed by atoms with Gasteiger partial charge in [0.2, 0.25) is 5.91 Å². The van der Waals surface area contributed by atoms with Gasteiger partial charge in [-0.1, -0.05) is 32.0 Å². The van der Waals surface area contributed by atoms with Crippen LogP contribution in [0, 0.1) is 25.2 Å². The third-order valence-corrected chi connectivity index (χ3v) is 8.60. The minimum absolute atomic E-state index is 0.0273. The van der Waals surface area contributed by atoms with E-state index in [4.69, 9.17) is 4.74 Å². The lowest BCUT2D eigenvalue weighted by molar-refractivity contribution is -0.158. The fourth-order valence-electron chi connectivity index (χ4n) is 4.70. The summed E-state index contributed by atoms with van der Waals surface area (Å²) in [7, 11) is -3.90. The lowest BCUT2D eigenvalue weighted by Crippen LogP contribution is -2.67. The van der Waals surface area contributed by atoms with Crippen molar-refractivity contribution in [2.75, 3.05) is 18.8 Å². The fourth-order valence-corrected chi connectivity index (χ4v) is 6.46. The summed E-state index contributed by atoms with van der Waals surface area (Å²) in [5.74, 6) is -1.31. The number of ether oxygens (including phenoxy) is 1. The van der Waals surface area contributed by atoms with E-state index in [-0.39, 0.29) is 36.4 Å². The highest BCUT2D eigenvalue weighted by molar-refractivity contribution is 7.91. The second kappa shape index (κ2) is 10.1. The first-order valence-corrected chi connectivity index (χ1v) is 13.7. The molecule has 1 fully saturated rings. The molecule has 196 valence electrons. The maximum atomic E-state index is 13.2. The van der Waals surface area contributed by atoms with Gasteiger partial charge in [-0.15, -0.1) is 0 Å². The van der Waals surface area contributed by atoms with Crippen molar-refractivity contribution in [1.29, 1.82) is 0 Å². The Kier molecular flexibility index (Phi) is 7.25. The van der Waals surface area contributed by atoms with E-state index in [2.05, 4.69) is 4.98 Å². The van der Waals surface area contributed by atoms with Gasteiger partial charge in [-0.05, 0) is 49.7 Å². The topological polar surface area (TPSA) is 126 Å². The van der Waals surface area contributed by atoms with Crippen LogP contribution in [0.2, 0.25) is 0 Å². The van der Waals surface area contributed by atoms with Crippen molar-refractivity contribution in [1.82, 2.24) is 15.4 Å². The van der Waals surface area contributed by atoms with E-state index < -0.39 is 26.9 Å². The summed E-state index contributed by atoms with van der Waals surface area (Å²) < 4.78 is 32.3. The molecule has 2 N–H and O–H groups in total. The Labute approximate surface area is 216 Å². The zero-order chi connectivity index (χ0) is 27.0. The summed E-state index contributed by atoms with van der Waals surface area (Å²) in [6, 6.07) is 14.0. The number of rotatable bonds is 8. The number of hydroxylamine groups is 1. The number of carbonyl (C=O) groups excluding carboxylic acids is 2. The number of benzene rings is 2. The summed E-state index contributed by atoms with van der Waals surface area (Å²) in [5, 5.41) is 10.2. The molecule has 37 heavy (non-hydrogen) atoms. The quantitative estimate of drug-likeness (QED) is 0.342. The number of aryl methyl sites for hydroxylation is 2. The Balaban J connectivity index is 1.48. The predicted octanol–water partition coefficient (Wildman–Crippen LogP) is 3.19. The fraction of sp³-hybridized carbons (Fsp3) is 0.370. The van der Waals surface area contributed by atoms with Gasteiger partial charge in [-0.2, -0.15) is 0 Å². The highest BCUT2D eigenvalue weighted by Gasteiger charge is 2.54. The Bertz CT molecular complexity index is 1440. The zero-order valence-corrected chi connectivity index (χ0v) is 22.1. The van der Waals surface area contributed by atoms with Crippen molar-refractivity contribution in [2.24, 2.45) is 11.3 Å². The number of nitrogens with one attached hydrogen (secondary N) is 1. The molecule has 0 bridgehead atoms. The molecule has 0 radical (unpaired) electrons. The van der Waals surface area contributed by atoms with Crippen LogP contribution in [0.4, 0.5) is 0 Å². The molecule has 0 atom stereocenters.